The molecule has 27 heavy (non-hydrogen) atoms. The number of nitrogens with one attached hydrogen (secondary N) is 2. The lowest BCUT2D eigenvalue weighted by atomic mass is 9.96. The number of anilines is 2. The minimum Gasteiger partial charge on any atom is -0.451 e. The molecule has 0 aliphatic heterocycles. The second-order valence-electron chi connectivity index (χ2n) is 6.73. The number of ether oxygens (including phenoxy) is 1. The van der Waals surface area contributed by atoms with Crippen molar-refractivity contribution in [1.29, 1.82) is 5.26 Å². The lowest BCUT2D eigenvalue weighted by Gasteiger charge is -2.16. The molecule has 2 rings (SSSR count). The van der Waals surface area contributed by atoms with Gasteiger partial charge in [-0.2, -0.15) is 5.26 Å². The molecule has 2 heterocycles. The van der Waals surface area contributed by atoms with Crippen LogP contribution in [-0.4, -0.2) is 24.4 Å². The summed E-state index contributed by atoms with van der Waals surface area (Å²) < 4.78 is 5.05. The molecule has 0 radical (unpaired) electrons. The van der Waals surface area contributed by atoms with E-state index in [0.29, 0.717) is 26.0 Å². The summed E-state index contributed by atoms with van der Waals surface area (Å²) in [6.07, 6.45) is 0. The summed E-state index contributed by atoms with van der Waals surface area (Å²) in [6.45, 7) is 6.64. The predicted molar refractivity (Wildman–Crippen MR) is 105 cm³/mol. The molecule has 142 valence electrons. The van der Waals surface area contributed by atoms with Gasteiger partial charge in [-0.1, -0.05) is 20.8 Å². The van der Waals surface area contributed by atoms with E-state index in [1.54, 1.807) is 45.2 Å². The zero-order valence-corrected chi connectivity index (χ0v) is 17.0. The van der Waals surface area contributed by atoms with E-state index < -0.39 is 23.9 Å². The minimum absolute atomic E-state index is 0.160. The van der Waals surface area contributed by atoms with Crippen LogP contribution >= 0.6 is 22.7 Å². The Kier molecular flexibility index (Phi) is 6.36. The second kappa shape index (κ2) is 8.33. The van der Waals surface area contributed by atoms with Gasteiger partial charge in [0.15, 0.2) is 6.61 Å². The van der Waals surface area contributed by atoms with Gasteiger partial charge in [-0.05, 0) is 30.0 Å². The lowest BCUT2D eigenvalue weighted by Crippen LogP contribution is -2.27. The van der Waals surface area contributed by atoms with E-state index >= 15 is 0 Å². The van der Waals surface area contributed by atoms with Crippen LogP contribution in [0.3, 0.4) is 0 Å². The molecule has 0 unspecified atom stereocenters. The molecule has 2 aromatic rings. The zero-order valence-electron chi connectivity index (χ0n) is 15.3. The van der Waals surface area contributed by atoms with Gasteiger partial charge in [0.25, 0.3) is 5.91 Å². The van der Waals surface area contributed by atoms with Crippen LogP contribution in [0, 0.1) is 23.7 Å². The molecule has 0 aliphatic rings. The maximum atomic E-state index is 12.2. The number of rotatable bonds is 5. The molecule has 0 saturated heterocycles. The van der Waals surface area contributed by atoms with Crippen LogP contribution in [0.1, 0.15) is 41.6 Å². The first-order valence-electron chi connectivity index (χ1n) is 7.98. The zero-order chi connectivity index (χ0) is 20.2. The number of esters is 1. The molecule has 9 heteroatoms. The summed E-state index contributed by atoms with van der Waals surface area (Å²) in [6, 6.07) is 5.25. The standard InChI is InChI=1S/C18H19N3O4S2/c1-10-7-13(21-17(24)18(2,3)4)27-14(10)16(23)25-9-12(22)20-15-11(8-19)5-6-26-15/h5-7H,9H2,1-4H3,(H,20,22)(H,21,24). The van der Waals surface area contributed by atoms with Crippen molar-refractivity contribution in [2.45, 2.75) is 27.7 Å². The highest BCUT2D eigenvalue weighted by Gasteiger charge is 2.23. The van der Waals surface area contributed by atoms with Gasteiger partial charge in [0.05, 0.1) is 10.6 Å². The number of hydrogen-bond donors (Lipinski definition) is 2. The van der Waals surface area contributed by atoms with Gasteiger partial charge in [0, 0.05) is 5.41 Å². The first-order valence-corrected chi connectivity index (χ1v) is 9.68. The number of nitrogens with zero attached hydrogens (tertiary/aromatic N) is 1. The molecule has 0 aliphatic carbocycles. The average molecular weight is 406 g/mol. The highest BCUT2D eigenvalue weighted by atomic mass is 32.1. The Morgan fingerprint density at radius 1 is 1.26 bits per heavy atom. The molecular formula is C18H19N3O4S2. The Bertz CT molecular complexity index is 916. The summed E-state index contributed by atoms with van der Waals surface area (Å²) in [5, 5.41) is 16.9. The topological polar surface area (TPSA) is 108 Å². The fourth-order valence-corrected chi connectivity index (χ4v) is 3.61. The van der Waals surface area contributed by atoms with E-state index in [1.165, 1.54) is 11.3 Å². The molecule has 2 amide bonds. The van der Waals surface area contributed by atoms with Crippen LogP contribution in [-0.2, 0) is 14.3 Å². The molecule has 2 aromatic heterocycles. The van der Waals surface area contributed by atoms with E-state index in [9.17, 15) is 14.4 Å². The molecule has 0 bridgehead atoms. The predicted octanol–water partition coefficient (Wildman–Crippen LogP) is 3.77. The third-order valence-electron chi connectivity index (χ3n) is 3.39. The van der Waals surface area contributed by atoms with E-state index in [1.807, 2.05) is 6.07 Å². The number of amides is 2. The average Bonchev–Trinajstić information content (AvgIpc) is 3.17. The number of aryl methyl sites for hydroxylation is 1. The SMILES string of the molecule is Cc1cc(NC(=O)C(C)(C)C)sc1C(=O)OCC(=O)Nc1sccc1C#N. The fourth-order valence-electron chi connectivity index (χ4n) is 1.90. The molecule has 0 atom stereocenters. The fraction of sp³-hybridized carbons (Fsp3) is 0.333. The van der Waals surface area contributed by atoms with Crippen molar-refractivity contribution in [2.75, 3.05) is 17.2 Å². The Morgan fingerprint density at radius 2 is 1.96 bits per heavy atom. The van der Waals surface area contributed by atoms with Gasteiger partial charge in [0.1, 0.15) is 15.9 Å². The molecule has 0 fully saturated rings. The largest absolute Gasteiger partial charge is 0.451 e. The first kappa shape index (κ1) is 20.6. The smallest absolute Gasteiger partial charge is 0.349 e. The summed E-state index contributed by atoms with van der Waals surface area (Å²) in [5.74, 6) is -1.33. The summed E-state index contributed by atoms with van der Waals surface area (Å²) >= 11 is 2.31. The van der Waals surface area contributed by atoms with Crippen LogP contribution in [0.2, 0.25) is 0 Å². The van der Waals surface area contributed by atoms with Gasteiger partial charge in [-0.25, -0.2) is 4.79 Å². The normalized spacial score (nSPS) is 10.8. The first-order chi connectivity index (χ1) is 12.6. The van der Waals surface area contributed by atoms with Crippen molar-refractivity contribution >= 4 is 50.5 Å². The number of carbonyl (C=O) groups excluding carboxylic acids is 3. The van der Waals surface area contributed by atoms with Crippen molar-refractivity contribution in [3.05, 3.63) is 33.5 Å². The van der Waals surface area contributed by atoms with E-state index in [-0.39, 0.29) is 5.91 Å². The van der Waals surface area contributed by atoms with Crippen molar-refractivity contribution in [2.24, 2.45) is 5.41 Å². The molecule has 0 spiro atoms. The highest BCUT2D eigenvalue weighted by molar-refractivity contribution is 7.18. The molecule has 7 nitrogen and oxygen atoms in total. The second-order valence-corrected chi connectivity index (χ2v) is 8.69. The van der Waals surface area contributed by atoms with Crippen molar-refractivity contribution < 1.29 is 19.1 Å². The van der Waals surface area contributed by atoms with E-state index in [4.69, 9.17) is 10.00 Å². The number of carbonyl (C=O) groups is 3. The van der Waals surface area contributed by atoms with E-state index in [2.05, 4.69) is 10.6 Å². The van der Waals surface area contributed by atoms with Crippen molar-refractivity contribution in [1.82, 2.24) is 0 Å². The summed E-state index contributed by atoms with van der Waals surface area (Å²) in [5.41, 5.74) is 0.452. The number of thiophene rings is 2. The van der Waals surface area contributed by atoms with Crippen LogP contribution in [0.4, 0.5) is 10.0 Å². The van der Waals surface area contributed by atoms with Crippen LogP contribution in [0.25, 0.3) is 0 Å². The van der Waals surface area contributed by atoms with Crippen LogP contribution in [0.15, 0.2) is 17.5 Å². The van der Waals surface area contributed by atoms with Crippen molar-refractivity contribution in [3.8, 4) is 6.07 Å². The van der Waals surface area contributed by atoms with Crippen LogP contribution in [0.5, 0.6) is 0 Å². The third kappa shape index (κ3) is 5.39. The van der Waals surface area contributed by atoms with Gasteiger partial charge in [-0.15, -0.1) is 22.7 Å². The quantitative estimate of drug-likeness (QED) is 0.736. The Balaban J connectivity index is 1.95. The summed E-state index contributed by atoms with van der Waals surface area (Å²) in [7, 11) is 0. The van der Waals surface area contributed by atoms with Crippen LogP contribution < -0.4 is 10.6 Å². The maximum Gasteiger partial charge on any atom is 0.349 e. The Morgan fingerprint density at radius 3 is 2.59 bits per heavy atom. The third-order valence-corrected chi connectivity index (χ3v) is 5.36. The van der Waals surface area contributed by atoms with Gasteiger partial charge in [-0.3, -0.25) is 9.59 Å². The van der Waals surface area contributed by atoms with Gasteiger partial charge >= 0.3 is 5.97 Å². The highest BCUT2D eigenvalue weighted by Crippen LogP contribution is 2.29. The molecule has 2 N–H and O–H groups in total. The van der Waals surface area contributed by atoms with Crippen molar-refractivity contribution in [3.63, 3.8) is 0 Å². The number of nitriles is 1. The minimum atomic E-state index is -0.643. The molecule has 0 aromatic carbocycles. The van der Waals surface area contributed by atoms with E-state index in [0.717, 1.165) is 11.3 Å². The molecular weight excluding hydrogens is 386 g/mol. The lowest BCUT2D eigenvalue weighted by molar-refractivity contribution is -0.123. The Labute approximate surface area is 165 Å². The maximum absolute atomic E-state index is 12.2. The van der Waals surface area contributed by atoms with Gasteiger partial charge in [0.2, 0.25) is 5.91 Å². The monoisotopic (exact) mass is 405 g/mol. The molecule has 0 saturated carbocycles. The van der Waals surface area contributed by atoms with Gasteiger partial charge < -0.3 is 15.4 Å². The Hall–Kier alpha value is -2.70. The summed E-state index contributed by atoms with van der Waals surface area (Å²) in [4.78, 5) is 36.5. The number of hydrogen-bond acceptors (Lipinski definition) is 7.